The number of hydrazone groups is 1. The van der Waals surface area contributed by atoms with Gasteiger partial charge in [-0.3, -0.25) is 9.48 Å². The van der Waals surface area contributed by atoms with Crippen LogP contribution in [0.15, 0.2) is 41.8 Å². The van der Waals surface area contributed by atoms with Crippen LogP contribution >= 0.6 is 11.6 Å². The fourth-order valence-corrected chi connectivity index (χ4v) is 4.81. The van der Waals surface area contributed by atoms with Crippen LogP contribution in [0.1, 0.15) is 56.0 Å². The van der Waals surface area contributed by atoms with Gasteiger partial charge in [-0.2, -0.15) is 10.2 Å². The fraction of sp³-hybridized carbons (Fsp3) is 0.476. The van der Waals surface area contributed by atoms with E-state index in [2.05, 4.69) is 36.4 Å². The second kappa shape index (κ2) is 6.48. The predicted octanol–water partition coefficient (Wildman–Crippen LogP) is 4.52. The summed E-state index contributed by atoms with van der Waals surface area (Å²) in [4.78, 5) is 12.5. The first-order valence-electron chi connectivity index (χ1n) is 9.44. The molecular formula is C21H25ClN4O. The van der Waals surface area contributed by atoms with Crippen molar-refractivity contribution in [1.29, 1.82) is 0 Å². The minimum Gasteiger partial charge on any atom is -0.267 e. The third-order valence-corrected chi connectivity index (χ3v) is 7.16. The maximum Gasteiger partial charge on any atom is 0.271 e. The first-order chi connectivity index (χ1) is 12.8. The van der Waals surface area contributed by atoms with Gasteiger partial charge in [0.15, 0.2) is 0 Å². The molecule has 0 aliphatic heterocycles. The van der Waals surface area contributed by atoms with E-state index >= 15 is 0 Å². The molecule has 1 heterocycles. The number of nitrogens with zero attached hydrogens (tertiary/aromatic N) is 3. The smallest absolute Gasteiger partial charge is 0.267 e. The van der Waals surface area contributed by atoms with Crippen LogP contribution in [0, 0.1) is 16.7 Å². The Morgan fingerprint density at radius 1 is 1.33 bits per heavy atom. The molecule has 1 aromatic carbocycles. The first kappa shape index (κ1) is 18.2. The lowest BCUT2D eigenvalue weighted by atomic mass is 9.70. The van der Waals surface area contributed by atoms with Gasteiger partial charge in [0.05, 0.1) is 17.8 Å². The molecule has 27 heavy (non-hydrogen) atoms. The highest BCUT2D eigenvalue weighted by Crippen LogP contribution is 2.63. The number of hydrogen-bond acceptors (Lipinski definition) is 3. The Hall–Kier alpha value is -2.14. The van der Waals surface area contributed by atoms with Crippen molar-refractivity contribution >= 4 is 23.2 Å². The molecule has 4 rings (SSSR count). The van der Waals surface area contributed by atoms with Gasteiger partial charge < -0.3 is 0 Å². The molecule has 0 radical (unpaired) electrons. The lowest BCUT2D eigenvalue weighted by Crippen LogP contribution is -2.34. The maximum atomic E-state index is 12.5. The van der Waals surface area contributed by atoms with Gasteiger partial charge >= 0.3 is 0 Å². The van der Waals surface area contributed by atoms with Gasteiger partial charge in [-0.1, -0.05) is 44.5 Å². The zero-order chi connectivity index (χ0) is 19.2. The summed E-state index contributed by atoms with van der Waals surface area (Å²) in [5.41, 5.74) is 5.93. The molecule has 0 spiro atoms. The summed E-state index contributed by atoms with van der Waals surface area (Å²) in [7, 11) is 0. The quantitative estimate of drug-likeness (QED) is 0.788. The van der Waals surface area contributed by atoms with Crippen molar-refractivity contribution in [2.24, 2.45) is 21.8 Å². The maximum absolute atomic E-state index is 12.5. The van der Waals surface area contributed by atoms with E-state index in [9.17, 15) is 4.79 Å². The monoisotopic (exact) mass is 384 g/mol. The molecule has 2 bridgehead atoms. The second-order valence-corrected chi connectivity index (χ2v) is 8.98. The Morgan fingerprint density at radius 2 is 2.07 bits per heavy atom. The topological polar surface area (TPSA) is 59.3 Å². The molecule has 1 aromatic heterocycles. The summed E-state index contributed by atoms with van der Waals surface area (Å²) in [6.45, 7) is 7.58. The van der Waals surface area contributed by atoms with Crippen molar-refractivity contribution in [2.75, 3.05) is 0 Å². The number of rotatable bonds is 4. The van der Waals surface area contributed by atoms with Crippen molar-refractivity contribution in [3.8, 4) is 0 Å². The minimum atomic E-state index is -0.166. The highest BCUT2D eigenvalue weighted by molar-refractivity contribution is 6.30. The average Bonchev–Trinajstić information content (AvgIpc) is 3.20. The third kappa shape index (κ3) is 3.08. The number of nitrogens with one attached hydrogen (secondary N) is 1. The summed E-state index contributed by atoms with van der Waals surface area (Å²) in [5.74, 6) is 0.508. The lowest BCUT2D eigenvalue weighted by Gasteiger charge is -2.34. The molecular weight excluding hydrogens is 360 g/mol. The van der Waals surface area contributed by atoms with E-state index in [0.717, 1.165) is 24.1 Å². The van der Waals surface area contributed by atoms with E-state index in [1.54, 1.807) is 17.1 Å². The molecule has 6 heteroatoms. The molecule has 2 saturated carbocycles. The van der Waals surface area contributed by atoms with Gasteiger partial charge in [0.2, 0.25) is 0 Å². The zero-order valence-electron chi connectivity index (χ0n) is 16.0. The second-order valence-electron chi connectivity index (χ2n) is 8.55. The number of halogens is 1. The third-order valence-electron chi connectivity index (χ3n) is 6.97. The van der Waals surface area contributed by atoms with Crippen LogP contribution in [0.3, 0.4) is 0 Å². The van der Waals surface area contributed by atoms with Crippen LogP contribution in [-0.4, -0.2) is 21.4 Å². The van der Waals surface area contributed by atoms with Crippen LogP contribution in [-0.2, 0) is 6.54 Å². The number of fused-ring (bicyclic) bond motifs is 2. The van der Waals surface area contributed by atoms with Crippen LogP contribution in [0.4, 0.5) is 0 Å². The van der Waals surface area contributed by atoms with Gasteiger partial charge in [-0.05, 0) is 48.3 Å². The molecule has 5 nitrogen and oxygen atoms in total. The van der Waals surface area contributed by atoms with Crippen molar-refractivity contribution < 1.29 is 4.79 Å². The van der Waals surface area contributed by atoms with Crippen molar-refractivity contribution in [3.63, 3.8) is 0 Å². The van der Waals surface area contributed by atoms with E-state index in [-0.39, 0.29) is 16.7 Å². The zero-order valence-corrected chi connectivity index (χ0v) is 16.8. The van der Waals surface area contributed by atoms with Crippen LogP contribution < -0.4 is 5.43 Å². The Morgan fingerprint density at radius 3 is 2.63 bits per heavy atom. The van der Waals surface area contributed by atoms with E-state index in [0.29, 0.717) is 23.0 Å². The summed E-state index contributed by atoms with van der Waals surface area (Å²) in [6, 6.07) is 7.50. The van der Waals surface area contributed by atoms with E-state index in [4.69, 9.17) is 11.6 Å². The summed E-state index contributed by atoms with van der Waals surface area (Å²) in [5, 5.41) is 9.31. The highest BCUT2D eigenvalue weighted by Gasteiger charge is 2.60. The van der Waals surface area contributed by atoms with Gasteiger partial charge in [0, 0.05) is 22.9 Å². The summed E-state index contributed by atoms with van der Waals surface area (Å²) >= 11 is 5.88. The molecule has 2 unspecified atom stereocenters. The standard InChI is InChI=1S/C21H25ClN4O/c1-20(2)16-8-9-21(20,3)18(10-16)24-25-19(27)15-6-4-14(5-7-15)12-26-13-17(22)11-23-26/h4-7,11,13,16H,8-10,12H2,1-3H3,(H,25,27). The number of carbonyl (C=O) groups excluding carboxylic acids is 1. The molecule has 1 amide bonds. The summed E-state index contributed by atoms with van der Waals surface area (Å²) in [6.07, 6.45) is 6.80. The van der Waals surface area contributed by atoms with Gasteiger partial charge in [0.1, 0.15) is 0 Å². The Bertz CT molecular complexity index is 899. The van der Waals surface area contributed by atoms with Gasteiger partial charge in [0.25, 0.3) is 5.91 Å². The molecule has 142 valence electrons. The molecule has 2 atom stereocenters. The molecule has 0 saturated heterocycles. The van der Waals surface area contributed by atoms with E-state index in [1.165, 1.54) is 6.42 Å². The number of aromatic nitrogens is 2. The first-order valence-corrected chi connectivity index (χ1v) is 9.82. The average molecular weight is 385 g/mol. The highest BCUT2D eigenvalue weighted by atomic mass is 35.5. The molecule has 2 fully saturated rings. The fourth-order valence-electron chi connectivity index (χ4n) is 4.65. The van der Waals surface area contributed by atoms with Gasteiger partial charge in [-0.15, -0.1) is 0 Å². The number of hydrogen-bond donors (Lipinski definition) is 1. The Balaban J connectivity index is 1.42. The van der Waals surface area contributed by atoms with E-state index < -0.39 is 0 Å². The van der Waals surface area contributed by atoms with Crippen LogP contribution in [0.5, 0.6) is 0 Å². The lowest BCUT2D eigenvalue weighted by molar-refractivity contribution is 0.0954. The van der Waals surface area contributed by atoms with Gasteiger partial charge in [-0.25, -0.2) is 5.43 Å². The molecule has 2 aliphatic carbocycles. The number of benzene rings is 1. The SMILES string of the molecule is CC12CCC(CC1=NNC(=O)c1ccc(Cn3cc(Cl)cn3)cc1)C2(C)C. The number of carbonyl (C=O) groups is 1. The Kier molecular flexibility index (Phi) is 4.38. The Labute approximate surface area is 164 Å². The normalized spacial score (nSPS) is 27.3. The van der Waals surface area contributed by atoms with Crippen molar-refractivity contribution in [2.45, 2.75) is 46.6 Å². The predicted molar refractivity (Wildman–Crippen MR) is 107 cm³/mol. The van der Waals surface area contributed by atoms with Crippen LogP contribution in [0.2, 0.25) is 5.02 Å². The molecule has 1 N–H and O–H groups in total. The van der Waals surface area contributed by atoms with E-state index in [1.807, 2.05) is 24.3 Å². The van der Waals surface area contributed by atoms with Crippen molar-refractivity contribution in [3.05, 3.63) is 52.8 Å². The minimum absolute atomic E-state index is 0.0971. The molecule has 2 aliphatic rings. The number of amides is 1. The van der Waals surface area contributed by atoms with Crippen molar-refractivity contribution in [1.82, 2.24) is 15.2 Å². The summed E-state index contributed by atoms with van der Waals surface area (Å²) < 4.78 is 1.76. The largest absolute Gasteiger partial charge is 0.271 e. The molecule has 2 aromatic rings. The van der Waals surface area contributed by atoms with Crippen LogP contribution in [0.25, 0.3) is 0 Å².